The molecule has 0 aliphatic heterocycles. The first-order chi connectivity index (χ1) is 12.3. The number of aliphatic hydroxyl groups is 1. The van der Waals surface area contributed by atoms with Crippen LogP contribution in [0, 0.1) is 0 Å². The van der Waals surface area contributed by atoms with Crippen molar-refractivity contribution in [2.45, 2.75) is 49.7 Å². The van der Waals surface area contributed by atoms with E-state index in [0.29, 0.717) is 5.75 Å². The minimum Gasteiger partial charge on any atom is -0.508 e. The Morgan fingerprint density at radius 1 is 1.00 bits per heavy atom. The number of phenols is 1. The second-order valence-corrected chi connectivity index (χ2v) is 8.26. The van der Waals surface area contributed by atoms with Gasteiger partial charge >= 0.3 is 0 Å². The van der Waals surface area contributed by atoms with Crippen molar-refractivity contribution in [3.8, 4) is 5.75 Å². The van der Waals surface area contributed by atoms with Gasteiger partial charge in [0.05, 0.1) is 5.60 Å². The Bertz CT molecular complexity index is 734. The molecule has 0 amide bonds. The fourth-order valence-electron chi connectivity index (χ4n) is 4.20. The Balaban J connectivity index is 1.70. The van der Waals surface area contributed by atoms with E-state index in [4.69, 9.17) is 11.6 Å². The summed E-state index contributed by atoms with van der Waals surface area (Å²) in [5, 5.41) is 21.7. The van der Waals surface area contributed by atoms with E-state index >= 15 is 0 Å². The summed E-state index contributed by atoms with van der Waals surface area (Å²) in [5.74, 6) is 0.298. The molecule has 3 rings (SSSR count). The zero-order valence-corrected chi connectivity index (χ0v) is 16.3. The molecule has 0 heterocycles. The molecule has 0 bridgehead atoms. The third kappa shape index (κ3) is 4.06. The van der Waals surface area contributed by atoms with Crippen LogP contribution in [0.1, 0.15) is 43.2 Å². The predicted octanol–water partition coefficient (Wildman–Crippen LogP) is 4.74. The molecule has 140 valence electrons. The minimum absolute atomic E-state index is 0.134. The Morgan fingerprint density at radius 3 is 2.23 bits per heavy atom. The monoisotopic (exact) mass is 373 g/mol. The first-order valence-corrected chi connectivity index (χ1v) is 9.65. The Labute approximate surface area is 161 Å². The zero-order chi connectivity index (χ0) is 18.8. The molecule has 0 aromatic heterocycles. The van der Waals surface area contributed by atoms with E-state index in [0.717, 1.165) is 49.1 Å². The SMILES string of the molecule is CN(C)C1(c2cccc(O)c2)CCC(O)(CCc2ccc(Cl)cc2)CC1. The molecule has 0 unspecified atom stereocenters. The Kier molecular flexibility index (Phi) is 5.61. The van der Waals surface area contributed by atoms with Crippen LogP contribution in [0.15, 0.2) is 48.5 Å². The van der Waals surface area contributed by atoms with E-state index in [9.17, 15) is 10.2 Å². The van der Waals surface area contributed by atoms with Crippen molar-refractivity contribution in [1.82, 2.24) is 4.90 Å². The highest BCUT2D eigenvalue weighted by molar-refractivity contribution is 6.30. The molecule has 4 heteroatoms. The predicted molar refractivity (Wildman–Crippen MR) is 107 cm³/mol. The first-order valence-electron chi connectivity index (χ1n) is 9.27. The fraction of sp³-hybridized carbons (Fsp3) is 0.455. The number of nitrogens with zero attached hydrogens (tertiary/aromatic N) is 1. The minimum atomic E-state index is -0.629. The molecule has 0 saturated heterocycles. The van der Waals surface area contributed by atoms with Crippen molar-refractivity contribution >= 4 is 11.6 Å². The van der Waals surface area contributed by atoms with Gasteiger partial charge in [-0.1, -0.05) is 35.9 Å². The number of halogens is 1. The molecule has 1 aliphatic carbocycles. The average molecular weight is 374 g/mol. The summed E-state index contributed by atoms with van der Waals surface area (Å²) in [5.41, 5.74) is 1.57. The second-order valence-electron chi connectivity index (χ2n) is 7.83. The molecule has 2 aromatic rings. The summed E-state index contributed by atoms with van der Waals surface area (Å²) in [6.07, 6.45) is 4.89. The highest BCUT2D eigenvalue weighted by atomic mass is 35.5. The second kappa shape index (κ2) is 7.59. The van der Waals surface area contributed by atoms with E-state index < -0.39 is 5.60 Å². The summed E-state index contributed by atoms with van der Waals surface area (Å²) in [6.45, 7) is 0. The molecule has 0 spiro atoms. The van der Waals surface area contributed by atoms with Crippen LogP contribution in [-0.2, 0) is 12.0 Å². The van der Waals surface area contributed by atoms with Gasteiger partial charge in [0.1, 0.15) is 5.75 Å². The molecular weight excluding hydrogens is 346 g/mol. The topological polar surface area (TPSA) is 43.7 Å². The normalized spacial score (nSPS) is 26.2. The van der Waals surface area contributed by atoms with Crippen LogP contribution in [0.25, 0.3) is 0 Å². The van der Waals surface area contributed by atoms with Crippen LogP contribution in [0.5, 0.6) is 5.75 Å². The van der Waals surface area contributed by atoms with Crippen molar-refractivity contribution in [3.05, 3.63) is 64.7 Å². The highest BCUT2D eigenvalue weighted by Gasteiger charge is 2.44. The third-order valence-electron chi connectivity index (χ3n) is 6.04. The molecule has 0 radical (unpaired) electrons. The van der Waals surface area contributed by atoms with Gasteiger partial charge in [-0.2, -0.15) is 0 Å². The number of phenolic OH excluding ortho intramolecular Hbond substituents is 1. The molecule has 2 aromatic carbocycles. The van der Waals surface area contributed by atoms with Crippen molar-refractivity contribution in [2.24, 2.45) is 0 Å². The summed E-state index contributed by atoms with van der Waals surface area (Å²) in [6, 6.07) is 15.4. The molecule has 26 heavy (non-hydrogen) atoms. The van der Waals surface area contributed by atoms with Crippen LogP contribution < -0.4 is 0 Å². The van der Waals surface area contributed by atoms with Crippen molar-refractivity contribution < 1.29 is 10.2 Å². The number of aromatic hydroxyl groups is 1. The molecule has 1 saturated carbocycles. The number of rotatable bonds is 5. The van der Waals surface area contributed by atoms with E-state index in [-0.39, 0.29) is 5.54 Å². The van der Waals surface area contributed by atoms with Gasteiger partial charge in [0.25, 0.3) is 0 Å². The molecule has 1 fully saturated rings. The highest BCUT2D eigenvalue weighted by Crippen LogP contribution is 2.46. The standard InChI is InChI=1S/C22H28ClNO2/c1-24(2)22(18-4-3-5-20(25)16-18)14-12-21(26,13-15-22)11-10-17-6-8-19(23)9-7-17/h3-9,16,25-26H,10-15H2,1-2H3. The van der Waals surface area contributed by atoms with Crippen LogP contribution >= 0.6 is 11.6 Å². The van der Waals surface area contributed by atoms with E-state index in [1.165, 1.54) is 5.56 Å². The van der Waals surface area contributed by atoms with Gasteiger partial charge in [-0.25, -0.2) is 0 Å². The quantitative estimate of drug-likeness (QED) is 0.795. The van der Waals surface area contributed by atoms with Gasteiger partial charge < -0.3 is 10.2 Å². The van der Waals surface area contributed by atoms with E-state index in [1.807, 2.05) is 36.4 Å². The molecule has 2 N–H and O–H groups in total. The largest absolute Gasteiger partial charge is 0.508 e. The lowest BCUT2D eigenvalue weighted by molar-refractivity contribution is -0.0512. The number of hydrogen-bond donors (Lipinski definition) is 2. The van der Waals surface area contributed by atoms with Crippen molar-refractivity contribution in [3.63, 3.8) is 0 Å². The lowest BCUT2D eigenvalue weighted by Crippen LogP contribution is -2.49. The summed E-state index contributed by atoms with van der Waals surface area (Å²) >= 11 is 5.95. The van der Waals surface area contributed by atoms with E-state index in [2.05, 4.69) is 25.1 Å². The molecule has 3 nitrogen and oxygen atoms in total. The fourth-order valence-corrected chi connectivity index (χ4v) is 4.32. The van der Waals surface area contributed by atoms with Gasteiger partial charge in [-0.05, 0) is 88.0 Å². The van der Waals surface area contributed by atoms with Crippen LogP contribution in [0.4, 0.5) is 0 Å². The van der Waals surface area contributed by atoms with Gasteiger partial charge in [0.15, 0.2) is 0 Å². The van der Waals surface area contributed by atoms with Gasteiger partial charge in [0, 0.05) is 10.6 Å². The maximum Gasteiger partial charge on any atom is 0.115 e. The average Bonchev–Trinajstić information content (AvgIpc) is 2.62. The molecule has 1 aliphatic rings. The van der Waals surface area contributed by atoms with Crippen LogP contribution in [0.3, 0.4) is 0 Å². The van der Waals surface area contributed by atoms with Gasteiger partial charge in [-0.3, -0.25) is 4.90 Å². The summed E-state index contributed by atoms with van der Waals surface area (Å²) in [4.78, 5) is 2.24. The van der Waals surface area contributed by atoms with Gasteiger partial charge in [0.2, 0.25) is 0 Å². The Morgan fingerprint density at radius 2 is 1.65 bits per heavy atom. The lowest BCUT2D eigenvalue weighted by Gasteiger charge is -2.48. The molecule has 0 atom stereocenters. The lowest BCUT2D eigenvalue weighted by atomic mass is 9.68. The first kappa shape index (κ1) is 19.2. The summed E-state index contributed by atoms with van der Waals surface area (Å²) < 4.78 is 0. The van der Waals surface area contributed by atoms with Crippen LogP contribution in [0.2, 0.25) is 5.02 Å². The Hall–Kier alpha value is -1.55. The number of hydrogen-bond acceptors (Lipinski definition) is 3. The zero-order valence-electron chi connectivity index (χ0n) is 15.6. The third-order valence-corrected chi connectivity index (χ3v) is 6.29. The smallest absolute Gasteiger partial charge is 0.115 e. The van der Waals surface area contributed by atoms with Crippen molar-refractivity contribution in [1.29, 1.82) is 0 Å². The number of aryl methyl sites for hydroxylation is 1. The summed E-state index contributed by atoms with van der Waals surface area (Å²) in [7, 11) is 4.17. The van der Waals surface area contributed by atoms with E-state index in [1.54, 1.807) is 6.07 Å². The molecular formula is C22H28ClNO2. The van der Waals surface area contributed by atoms with Crippen molar-refractivity contribution in [2.75, 3.05) is 14.1 Å². The maximum absolute atomic E-state index is 11.1. The van der Waals surface area contributed by atoms with Gasteiger partial charge in [-0.15, -0.1) is 0 Å². The number of benzene rings is 2. The maximum atomic E-state index is 11.1. The van der Waals surface area contributed by atoms with Crippen LogP contribution in [-0.4, -0.2) is 34.8 Å².